The fourth-order valence-electron chi connectivity index (χ4n) is 1.33. The van der Waals surface area contributed by atoms with Crippen LogP contribution in [0.5, 0.6) is 0 Å². The summed E-state index contributed by atoms with van der Waals surface area (Å²) >= 11 is 2.11. The zero-order chi connectivity index (χ0) is 13.2. The molecule has 2 aromatic rings. The predicted octanol–water partition coefficient (Wildman–Crippen LogP) is 1.07. The number of nitrogens with two attached hydrogens (primary N) is 1. The number of halogens is 1. The molecule has 8 heteroatoms. The zero-order valence-corrected chi connectivity index (χ0v) is 12.2. The Kier molecular flexibility index (Phi) is 3.88. The minimum Gasteiger partial charge on any atom is -0.384 e. The van der Waals surface area contributed by atoms with Crippen molar-refractivity contribution in [3.8, 4) is 0 Å². The maximum Gasteiger partial charge on any atom is 0.240 e. The Labute approximate surface area is 118 Å². The molecule has 0 aliphatic carbocycles. The fraction of sp³-hybridized carbons (Fsp3) is 0.100. The highest BCUT2D eigenvalue weighted by Crippen LogP contribution is 2.13. The van der Waals surface area contributed by atoms with Gasteiger partial charge in [0.25, 0.3) is 0 Å². The topological polar surface area (TPSA) is 101 Å². The van der Waals surface area contributed by atoms with Crippen molar-refractivity contribution >= 4 is 38.4 Å². The van der Waals surface area contributed by atoms with E-state index in [2.05, 4.69) is 37.5 Å². The average Bonchev–Trinajstić information content (AvgIpc) is 2.73. The van der Waals surface area contributed by atoms with Gasteiger partial charge in [0.05, 0.1) is 11.1 Å². The van der Waals surface area contributed by atoms with Crippen molar-refractivity contribution in [1.29, 1.82) is 0 Å². The van der Waals surface area contributed by atoms with E-state index in [4.69, 9.17) is 5.73 Å². The van der Waals surface area contributed by atoms with E-state index in [1.165, 1.54) is 6.20 Å². The molecule has 1 heterocycles. The van der Waals surface area contributed by atoms with Crippen molar-refractivity contribution in [3.05, 3.63) is 39.6 Å². The molecular weight excluding hydrogens is 367 g/mol. The summed E-state index contributed by atoms with van der Waals surface area (Å²) in [6, 6.07) is 6.59. The zero-order valence-electron chi connectivity index (χ0n) is 9.22. The number of rotatable bonds is 4. The molecule has 6 nitrogen and oxygen atoms in total. The molecule has 18 heavy (non-hydrogen) atoms. The smallest absolute Gasteiger partial charge is 0.240 e. The minimum atomic E-state index is -3.52. The van der Waals surface area contributed by atoms with E-state index in [9.17, 15) is 8.42 Å². The first-order valence-electron chi connectivity index (χ1n) is 5.02. The quantitative estimate of drug-likeness (QED) is 0.693. The molecule has 2 rings (SSSR count). The van der Waals surface area contributed by atoms with Gasteiger partial charge in [0.1, 0.15) is 5.82 Å². The summed E-state index contributed by atoms with van der Waals surface area (Å²) in [4.78, 5) is 0.227. The molecule has 0 bridgehead atoms. The SMILES string of the molecule is Nc1[nH]ncc1CNS(=O)(=O)c1ccc(I)cc1. The van der Waals surface area contributed by atoms with Crippen LogP contribution < -0.4 is 10.5 Å². The van der Waals surface area contributed by atoms with Crippen molar-refractivity contribution < 1.29 is 8.42 Å². The standard InChI is InChI=1S/C10H11IN4O2S/c11-8-1-3-9(4-2-8)18(16,17)14-6-7-5-13-15-10(7)12/h1-5,14H,6H2,(H3,12,13,15). The summed E-state index contributed by atoms with van der Waals surface area (Å²) in [6.07, 6.45) is 1.49. The molecular formula is C10H11IN4O2S. The number of hydrogen-bond acceptors (Lipinski definition) is 4. The first-order chi connectivity index (χ1) is 8.49. The lowest BCUT2D eigenvalue weighted by molar-refractivity contribution is 0.581. The van der Waals surface area contributed by atoms with Crippen molar-refractivity contribution in [2.75, 3.05) is 5.73 Å². The van der Waals surface area contributed by atoms with Crippen LogP contribution >= 0.6 is 22.6 Å². The van der Waals surface area contributed by atoms with Crippen molar-refractivity contribution in [1.82, 2.24) is 14.9 Å². The molecule has 1 aromatic carbocycles. The highest BCUT2D eigenvalue weighted by Gasteiger charge is 2.14. The van der Waals surface area contributed by atoms with Crippen LogP contribution in [-0.4, -0.2) is 18.6 Å². The molecule has 96 valence electrons. The molecule has 0 radical (unpaired) electrons. The third-order valence-electron chi connectivity index (χ3n) is 2.33. The van der Waals surface area contributed by atoms with Crippen molar-refractivity contribution in [3.63, 3.8) is 0 Å². The van der Waals surface area contributed by atoms with Crippen LogP contribution in [-0.2, 0) is 16.6 Å². The van der Waals surface area contributed by atoms with Gasteiger partial charge in [-0.2, -0.15) is 5.10 Å². The van der Waals surface area contributed by atoms with E-state index in [0.29, 0.717) is 11.4 Å². The van der Waals surface area contributed by atoms with Gasteiger partial charge in [0.15, 0.2) is 0 Å². The number of nitrogens with zero attached hydrogens (tertiary/aromatic N) is 1. The van der Waals surface area contributed by atoms with E-state index in [-0.39, 0.29) is 11.4 Å². The molecule has 0 aliphatic heterocycles. The van der Waals surface area contributed by atoms with Crippen LogP contribution in [0.2, 0.25) is 0 Å². The maximum atomic E-state index is 12.0. The summed E-state index contributed by atoms with van der Waals surface area (Å²) in [5.41, 5.74) is 6.19. The first-order valence-corrected chi connectivity index (χ1v) is 7.58. The summed E-state index contributed by atoms with van der Waals surface area (Å²) in [5.74, 6) is 0.361. The first kappa shape index (κ1) is 13.3. The van der Waals surface area contributed by atoms with Gasteiger partial charge in [-0.3, -0.25) is 5.10 Å². The number of anilines is 1. The highest BCUT2D eigenvalue weighted by molar-refractivity contribution is 14.1. The van der Waals surface area contributed by atoms with Gasteiger partial charge < -0.3 is 5.73 Å². The number of sulfonamides is 1. The second-order valence-corrected chi connectivity index (χ2v) is 6.60. The molecule has 0 amide bonds. The van der Waals surface area contributed by atoms with Gasteiger partial charge >= 0.3 is 0 Å². The molecule has 0 saturated carbocycles. The minimum absolute atomic E-state index is 0.108. The van der Waals surface area contributed by atoms with E-state index in [1.54, 1.807) is 24.3 Å². The van der Waals surface area contributed by atoms with Crippen molar-refractivity contribution in [2.45, 2.75) is 11.4 Å². The molecule has 0 unspecified atom stereocenters. The molecule has 1 aromatic heterocycles. The third kappa shape index (κ3) is 3.00. The average molecular weight is 378 g/mol. The number of benzene rings is 1. The monoisotopic (exact) mass is 378 g/mol. The third-order valence-corrected chi connectivity index (χ3v) is 4.46. The Morgan fingerprint density at radius 2 is 2.00 bits per heavy atom. The lowest BCUT2D eigenvalue weighted by Crippen LogP contribution is -2.23. The number of nitrogens with one attached hydrogen (secondary N) is 2. The van der Waals surface area contributed by atoms with Gasteiger partial charge in [0, 0.05) is 15.7 Å². The molecule has 0 atom stereocenters. The van der Waals surface area contributed by atoms with Crippen LogP contribution in [0, 0.1) is 3.57 Å². The Morgan fingerprint density at radius 1 is 1.33 bits per heavy atom. The number of nitrogen functional groups attached to an aromatic ring is 1. The van der Waals surface area contributed by atoms with Gasteiger partial charge in [-0.25, -0.2) is 13.1 Å². The summed E-state index contributed by atoms with van der Waals surface area (Å²) in [5, 5.41) is 6.26. The Bertz CT molecular complexity index is 636. The lowest BCUT2D eigenvalue weighted by atomic mass is 10.3. The van der Waals surface area contributed by atoms with E-state index in [1.807, 2.05) is 0 Å². The van der Waals surface area contributed by atoms with Crippen LogP contribution in [0.1, 0.15) is 5.56 Å². The normalized spacial score (nSPS) is 11.6. The molecule has 0 saturated heterocycles. The Morgan fingerprint density at radius 3 is 2.56 bits per heavy atom. The summed E-state index contributed by atoms with van der Waals surface area (Å²) in [6.45, 7) is 0.108. The summed E-state index contributed by atoms with van der Waals surface area (Å²) < 4.78 is 27.4. The highest BCUT2D eigenvalue weighted by atomic mass is 127. The van der Waals surface area contributed by atoms with E-state index >= 15 is 0 Å². The van der Waals surface area contributed by atoms with Crippen molar-refractivity contribution in [2.24, 2.45) is 0 Å². The predicted molar refractivity (Wildman–Crippen MR) is 76.2 cm³/mol. The molecule has 0 fully saturated rings. The Balaban J connectivity index is 2.13. The van der Waals surface area contributed by atoms with Crippen LogP contribution in [0.4, 0.5) is 5.82 Å². The van der Waals surface area contributed by atoms with E-state index in [0.717, 1.165) is 3.57 Å². The van der Waals surface area contributed by atoms with Gasteiger partial charge in [-0.1, -0.05) is 0 Å². The number of H-pyrrole nitrogens is 1. The van der Waals surface area contributed by atoms with Crippen LogP contribution in [0.25, 0.3) is 0 Å². The second-order valence-electron chi connectivity index (χ2n) is 3.59. The van der Waals surface area contributed by atoms with Gasteiger partial charge in [-0.15, -0.1) is 0 Å². The Hall–Kier alpha value is -1.13. The maximum absolute atomic E-state index is 12.0. The van der Waals surface area contributed by atoms with Gasteiger partial charge in [-0.05, 0) is 46.9 Å². The van der Waals surface area contributed by atoms with E-state index < -0.39 is 10.0 Å². The molecule has 0 aliphatic rings. The van der Waals surface area contributed by atoms with Crippen LogP contribution in [0.15, 0.2) is 35.4 Å². The number of hydrogen-bond donors (Lipinski definition) is 3. The number of aromatic amines is 1. The molecule has 4 N–H and O–H groups in total. The molecule has 0 spiro atoms. The summed E-state index contributed by atoms with van der Waals surface area (Å²) in [7, 11) is -3.52. The lowest BCUT2D eigenvalue weighted by Gasteiger charge is -2.06. The van der Waals surface area contributed by atoms with Gasteiger partial charge in [0.2, 0.25) is 10.0 Å². The fourth-order valence-corrected chi connectivity index (χ4v) is 2.70. The second kappa shape index (κ2) is 5.24. The number of aromatic nitrogens is 2. The largest absolute Gasteiger partial charge is 0.384 e. The van der Waals surface area contributed by atoms with Crippen LogP contribution in [0.3, 0.4) is 0 Å².